The van der Waals surface area contributed by atoms with Crippen molar-refractivity contribution in [2.45, 2.75) is 18.6 Å². The monoisotopic (exact) mass is 293 g/mol. The molecule has 1 aromatic rings. The van der Waals surface area contributed by atoms with E-state index in [1.54, 1.807) is 0 Å². The van der Waals surface area contributed by atoms with E-state index >= 15 is 0 Å². The Hall–Kier alpha value is -0.160. The van der Waals surface area contributed by atoms with E-state index in [9.17, 15) is 13.2 Å². The van der Waals surface area contributed by atoms with Gasteiger partial charge in [0.25, 0.3) is 0 Å². The number of rotatable bonds is 2. The molecule has 0 saturated carbocycles. The third-order valence-electron chi connectivity index (χ3n) is 1.81. The first-order valence-electron chi connectivity index (χ1n) is 4.07. The van der Waals surface area contributed by atoms with Crippen molar-refractivity contribution in [2.75, 3.05) is 0 Å². The summed E-state index contributed by atoms with van der Waals surface area (Å²) in [4.78, 5) is 0. The quantitative estimate of drug-likeness (QED) is 0.861. The van der Waals surface area contributed by atoms with E-state index in [4.69, 9.17) is 28.9 Å². The van der Waals surface area contributed by atoms with Crippen molar-refractivity contribution in [1.29, 1.82) is 0 Å². The summed E-state index contributed by atoms with van der Waals surface area (Å²) in [6.45, 7) is 0. The van der Waals surface area contributed by atoms with E-state index in [0.29, 0.717) is 5.02 Å². The van der Waals surface area contributed by atoms with Crippen LogP contribution < -0.4 is 5.73 Å². The lowest BCUT2D eigenvalue weighted by Crippen LogP contribution is -2.20. The van der Waals surface area contributed by atoms with E-state index in [2.05, 4.69) is 0 Å². The third kappa shape index (κ3) is 4.78. The molecular weight excluding hydrogens is 285 g/mol. The number of alkyl halides is 3. The fourth-order valence-corrected chi connectivity index (χ4v) is 1.71. The van der Waals surface area contributed by atoms with E-state index in [0.717, 1.165) is 0 Å². The molecular formula is C9H9Cl3F3N. The molecule has 2 N–H and O–H groups in total. The van der Waals surface area contributed by atoms with Gasteiger partial charge in [-0.1, -0.05) is 29.3 Å². The Balaban J connectivity index is 0.00000225. The predicted octanol–water partition coefficient (Wildman–Crippen LogP) is 4.37. The summed E-state index contributed by atoms with van der Waals surface area (Å²) >= 11 is 11.3. The molecule has 0 spiro atoms. The van der Waals surface area contributed by atoms with E-state index in [1.165, 1.54) is 18.2 Å². The van der Waals surface area contributed by atoms with Crippen LogP contribution >= 0.6 is 35.6 Å². The van der Waals surface area contributed by atoms with Crippen LogP contribution in [-0.2, 0) is 0 Å². The van der Waals surface area contributed by atoms with Gasteiger partial charge in [0.05, 0.1) is 6.42 Å². The normalized spacial score (nSPS) is 13.1. The minimum Gasteiger partial charge on any atom is -0.324 e. The van der Waals surface area contributed by atoms with Gasteiger partial charge in [0.2, 0.25) is 0 Å². The molecule has 0 unspecified atom stereocenters. The lowest BCUT2D eigenvalue weighted by molar-refractivity contribution is -0.138. The molecule has 1 nitrogen and oxygen atoms in total. The Morgan fingerprint density at radius 3 is 2.25 bits per heavy atom. The standard InChI is InChI=1S/C9H8Cl2F3N.ClH/c10-5-1-2-6(7(11)3-5)8(15)4-9(12,13)14;/h1-3,8H,4,15H2;1H/t8-;/m0./s1. The van der Waals surface area contributed by atoms with E-state index < -0.39 is 18.6 Å². The number of halogens is 6. The highest BCUT2D eigenvalue weighted by molar-refractivity contribution is 6.35. The molecule has 0 fully saturated rings. The van der Waals surface area contributed by atoms with Crippen LogP contribution in [0.25, 0.3) is 0 Å². The van der Waals surface area contributed by atoms with E-state index in [-0.39, 0.29) is 23.0 Å². The molecule has 0 aliphatic rings. The molecule has 0 radical (unpaired) electrons. The van der Waals surface area contributed by atoms with Crippen molar-refractivity contribution in [2.24, 2.45) is 5.73 Å². The maximum absolute atomic E-state index is 12.1. The highest BCUT2D eigenvalue weighted by atomic mass is 35.5. The molecule has 0 bridgehead atoms. The van der Waals surface area contributed by atoms with E-state index in [1.807, 2.05) is 0 Å². The van der Waals surface area contributed by atoms with Gasteiger partial charge in [0.15, 0.2) is 0 Å². The zero-order valence-corrected chi connectivity index (χ0v) is 10.2. The molecule has 0 amide bonds. The van der Waals surface area contributed by atoms with Crippen LogP contribution in [0.3, 0.4) is 0 Å². The Morgan fingerprint density at radius 1 is 1.25 bits per heavy atom. The van der Waals surface area contributed by atoms with Gasteiger partial charge in [-0.2, -0.15) is 13.2 Å². The van der Waals surface area contributed by atoms with Gasteiger partial charge in [-0.25, -0.2) is 0 Å². The second-order valence-corrected chi connectivity index (χ2v) is 3.94. The van der Waals surface area contributed by atoms with Gasteiger partial charge < -0.3 is 5.73 Å². The maximum Gasteiger partial charge on any atom is 0.390 e. The Bertz CT molecular complexity index is 354. The SMILES string of the molecule is Cl.N[C@@H](CC(F)(F)F)c1ccc(Cl)cc1Cl. The maximum atomic E-state index is 12.1. The lowest BCUT2D eigenvalue weighted by atomic mass is 10.0. The average Bonchev–Trinajstić information content (AvgIpc) is 1.99. The number of hydrogen-bond acceptors (Lipinski definition) is 1. The summed E-state index contributed by atoms with van der Waals surface area (Å²) in [5.41, 5.74) is 5.63. The van der Waals surface area contributed by atoms with Crippen molar-refractivity contribution in [3.63, 3.8) is 0 Å². The molecule has 92 valence electrons. The summed E-state index contributed by atoms with van der Waals surface area (Å²) in [5.74, 6) is 0. The predicted molar refractivity (Wildman–Crippen MR) is 61.3 cm³/mol. The number of nitrogens with two attached hydrogens (primary N) is 1. The molecule has 7 heteroatoms. The zero-order chi connectivity index (χ0) is 11.6. The molecule has 0 aliphatic heterocycles. The van der Waals surface area contributed by atoms with Crippen molar-refractivity contribution in [1.82, 2.24) is 0 Å². The fraction of sp³-hybridized carbons (Fsp3) is 0.333. The topological polar surface area (TPSA) is 26.0 Å². The van der Waals surface area contributed by atoms with Gasteiger partial charge >= 0.3 is 6.18 Å². The van der Waals surface area contributed by atoms with Gasteiger partial charge in [0.1, 0.15) is 0 Å². The first kappa shape index (κ1) is 15.8. The summed E-state index contributed by atoms with van der Waals surface area (Å²) in [7, 11) is 0. The average molecular weight is 295 g/mol. The molecule has 16 heavy (non-hydrogen) atoms. The molecule has 1 rings (SSSR count). The van der Waals surface area contributed by atoms with Crippen molar-refractivity contribution in [3.8, 4) is 0 Å². The molecule has 0 aliphatic carbocycles. The van der Waals surface area contributed by atoms with Crippen molar-refractivity contribution in [3.05, 3.63) is 33.8 Å². The smallest absolute Gasteiger partial charge is 0.324 e. The first-order valence-corrected chi connectivity index (χ1v) is 4.82. The summed E-state index contributed by atoms with van der Waals surface area (Å²) in [6.07, 6.45) is -5.41. The highest BCUT2D eigenvalue weighted by Crippen LogP contribution is 2.32. The highest BCUT2D eigenvalue weighted by Gasteiger charge is 2.31. The second kappa shape index (κ2) is 5.96. The van der Waals surface area contributed by atoms with Gasteiger partial charge in [-0.15, -0.1) is 12.4 Å². The Morgan fingerprint density at radius 2 is 1.81 bits per heavy atom. The molecule has 1 aromatic carbocycles. The van der Waals surface area contributed by atoms with Crippen LogP contribution in [0, 0.1) is 0 Å². The fourth-order valence-electron chi connectivity index (χ4n) is 1.16. The summed E-state index contributed by atoms with van der Waals surface area (Å²) < 4.78 is 36.2. The second-order valence-electron chi connectivity index (χ2n) is 3.09. The van der Waals surface area contributed by atoms with Crippen LogP contribution in [0.15, 0.2) is 18.2 Å². The molecule has 0 aromatic heterocycles. The first-order chi connectivity index (χ1) is 6.79. The Labute approximate surface area is 107 Å². The summed E-state index contributed by atoms with van der Waals surface area (Å²) in [6, 6.07) is 3.07. The lowest BCUT2D eigenvalue weighted by Gasteiger charge is -2.15. The van der Waals surface area contributed by atoms with Crippen LogP contribution in [0.5, 0.6) is 0 Å². The largest absolute Gasteiger partial charge is 0.390 e. The minimum absolute atomic E-state index is 0. The van der Waals surface area contributed by atoms with Crippen LogP contribution in [0.1, 0.15) is 18.0 Å². The minimum atomic E-state index is -4.30. The van der Waals surface area contributed by atoms with Crippen molar-refractivity contribution >= 4 is 35.6 Å². The van der Waals surface area contributed by atoms with Gasteiger partial charge in [-0.3, -0.25) is 0 Å². The van der Waals surface area contributed by atoms with Crippen molar-refractivity contribution < 1.29 is 13.2 Å². The van der Waals surface area contributed by atoms with Crippen LogP contribution in [0.4, 0.5) is 13.2 Å². The van der Waals surface area contributed by atoms with Crippen LogP contribution in [-0.4, -0.2) is 6.18 Å². The third-order valence-corrected chi connectivity index (χ3v) is 2.38. The van der Waals surface area contributed by atoms with Gasteiger partial charge in [0, 0.05) is 16.1 Å². The summed E-state index contributed by atoms with van der Waals surface area (Å²) in [5, 5.41) is 0.516. The Kier molecular flexibility index (Phi) is 5.90. The molecule has 0 saturated heterocycles. The molecule has 1 atom stereocenters. The van der Waals surface area contributed by atoms with Crippen LogP contribution in [0.2, 0.25) is 10.0 Å². The number of hydrogen-bond donors (Lipinski definition) is 1. The molecule has 0 heterocycles. The number of benzene rings is 1. The van der Waals surface area contributed by atoms with Gasteiger partial charge in [-0.05, 0) is 17.7 Å². The zero-order valence-electron chi connectivity index (χ0n) is 7.89.